The summed E-state index contributed by atoms with van der Waals surface area (Å²) >= 11 is 0. The number of carbonyl (C=O) groups is 2. The predicted molar refractivity (Wildman–Crippen MR) is 103 cm³/mol. The second kappa shape index (κ2) is 8.53. The Morgan fingerprint density at radius 1 is 0.963 bits per heavy atom. The summed E-state index contributed by atoms with van der Waals surface area (Å²) in [6.45, 7) is 4.29. The van der Waals surface area contributed by atoms with Crippen LogP contribution in [0.5, 0.6) is 0 Å². The lowest BCUT2D eigenvalue weighted by Gasteiger charge is -2.36. The van der Waals surface area contributed by atoms with Gasteiger partial charge in [-0.2, -0.15) is 0 Å². The fourth-order valence-electron chi connectivity index (χ4n) is 2.93. The molecule has 1 aliphatic rings. The van der Waals surface area contributed by atoms with Gasteiger partial charge in [-0.3, -0.25) is 4.79 Å². The molecule has 142 valence electrons. The molecule has 3 rings (SSSR count). The number of nitrogens with zero attached hydrogens (tertiary/aromatic N) is 2. The first kappa shape index (κ1) is 18.7. The topological polar surface area (TPSA) is 64.7 Å². The number of nitrogens with one attached hydrogen (secondary N) is 2. The van der Waals surface area contributed by atoms with Crippen LogP contribution in [0.2, 0.25) is 0 Å². The average molecular weight is 370 g/mol. The molecule has 27 heavy (non-hydrogen) atoms. The van der Waals surface area contributed by atoms with Crippen LogP contribution < -0.4 is 15.5 Å². The van der Waals surface area contributed by atoms with Crippen LogP contribution in [-0.4, -0.2) is 49.1 Å². The molecule has 0 aliphatic carbocycles. The summed E-state index contributed by atoms with van der Waals surface area (Å²) in [5.74, 6) is -0.720. The highest BCUT2D eigenvalue weighted by atomic mass is 19.1. The Morgan fingerprint density at radius 3 is 2.22 bits per heavy atom. The van der Waals surface area contributed by atoms with E-state index in [1.807, 2.05) is 18.2 Å². The molecule has 0 bridgehead atoms. The van der Waals surface area contributed by atoms with Gasteiger partial charge in [0.05, 0.1) is 0 Å². The molecule has 2 aromatic carbocycles. The standard InChI is InChI=1S/C20H23FN4O2/c1-15(19(26)23-17-9-7-16(21)8-10-17)22-20(27)25-13-11-24(12-14-25)18-5-3-2-4-6-18/h2-10,15H,11-14H2,1H3,(H,22,27)(H,23,26)/t15-/m0/s1. The highest BCUT2D eigenvalue weighted by Crippen LogP contribution is 2.15. The van der Waals surface area contributed by atoms with Gasteiger partial charge in [0.25, 0.3) is 0 Å². The Kier molecular flexibility index (Phi) is 5.90. The summed E-state index contributed by atoms with van der Waals surface area (Å²) < 4.78 is 12.9. The van der Waals surface area contributed by atoms with Gasteiger partial charge in [-0.15, -0.1) is 0 Å². The summed E-state index contributed by atoms with van der Waals surface area (Å²) in [5, 5.41) is 5.38. The van der Waals surface area contributed by atoms with Crippen molar-refractivity contribution in [1.82, 2.24) is 10.2 Å². The summed E-state index contributed by atoms with van der Waals surface area (Å²) in [6.07, 6.45) is 0. The number of benzene rings is 2. The molecule has 1 saturated heterocycles. The third-order valence-electron chi connectivity index (χ3n) is 4.53. The van der Waals surface area contributed by atoms with E-state index < -0.39 is 6.04 Å². The maximum absolute atomic E-state index is 12.9. The molecule has 2 aromatic rings. The Labute approximate surface area is 158 Å². The minimum Gasteiger partial charge on any atom is -0.368 e. The monoisotopic (exact) mass is 370 g/mol. The molecule has 0 saturated carbocycles. The van der Waals surface area contributed by atoms with E-state index in [-0.39, 0.29) is 17.8 Å². The van der Waals surface area contributed by atoms with Gasteiger partial charge in [0.15, 0.2) is 0 Å². The van der Waals surface area contributed by atoms with Crippen molar-refractivity contribution >= 4 is 23.3 Å². The van der Waals surface area contributed by atoms with E-state index in [2.05, 4.69) is 27.7 Å². The van der Waals surface area contributed by atoms with Crippen molar-refractivity contribution in [3.8, 4) is 0 Å². The molecule has 2 N–H and O–H groups in total. The van der Waals surface area contributed by atoms with E-state index in [0.717, 1.165) is 18.8 Å². The SMILES string of the molecule is C[C@H](NC(=O)N1CCN(c2ccccc2)CC1)C(=O)Nc1ccc(F)cc1. The number of para-hydroxylation sites is 1. The van der Waals surface area contributed by atoms with Crippen molar-refractivity contribution in [1.29, 1.82) is 0 Å². The predicted octanol–water partition coefficient (Wildman–Crippen LogP) is 2.68. The number of halogens is 1. The third kappa shape index (κ3) is 4.97. The number of hydrogen-bond acceptors (Lipinski definition) is 3. The fraction of sp³-hybridized carbons (Fsp3) is 0.300. The van der Waals surface area contributed by atoms with Crippen molar-refractivity contribution in [3.63, 3.8) is 0 Å². The average Bonchev–Trinajstić information content (AvgIpc) is 2.70. The first-order valence-electron chi connectivity index (χ1n) is 8.95. The van der Waals surface area contributed by atoms with Crippen molar-refractivity contribution in [2.24, 2.45) is 0 Å². The minimum absolute atomic E-state index is 0.260. The van der Waals surface area contributed by atoms with E-state index in [4.69, 9.17) is 0 Å². The van der Waals surface area contributed by atoms with Crippen LogP contribution in [0, 0.1) is 5.82 Å². The molecule has 1 aliphatic heterocycles. The Bertz CT molecular complexity index is 774. The lowest BCUT2D eigenvalue weighted by atomic mass is 10.2. The summed E-state index contributed by atoms with van der Waals surface area (Å²) in [4.78, 5) is 28.6. The second-order valence-electron chi connectivity index (χ2n) is 6.48. The van der Waals surface area contributed by atoms with Gasteiger partial charge in [0.2, 0.25) is 5.91 Å². The van der Waals surface area contributed by atoms with E-state index in [9.17, 15) is 14.0 Å². The molecule has 1 atom stereocenters. The number of amides is 3. The lowest BCUT2D eigenvalue weighted by Crippen LogP contribution is -2.54. The van der Waals surface area contributed by atoms with Crippen LogP contribution >= 0.6 is 0 Å². The summed E-state index contributed by atoms with van der Waals surface area (Å²) in [5.41, 5.74) is 1.63. The number of rotatable bonds is 4. The molecule has 6 nitrogen and oxygen atoms in total. The van der Waals surface area contributed by atoms with Gasteiger partial charge in [0, 0.05) is 37.6 Å². The highest BCUT2D eigenvalue weighted by molar-refractivity contribution is 5.96. The quantitative estimate of drug-likeness (QED) is 0.870. The largest absolute Gasteiger partial charge is 0.368 e. The van der Waals surface area contributed by atoms with E-state index in [0.29, 0.717) is 18.8 Å². The maximum Gasteiger partial charge on any atom is 0.318 e. The van der Waals surface area contributed by atoms with Gasteiger partial charge < -0.3 is 20.4 Å². The van der Waals surface area contributed by atoms with Gasteiger partial charge in [-0.25, -0.2) is 9.18 Å². The minimum atomic E-state index is -0.699. The van der Waals surface area contributed by atoms with Gasteiger partial charge in [-0.05, 0) is 43.3 Å². The molecule has 0 radical (unpaired) electrons. The number of hydrogen-bond donors (Lipinski definition) is 2. The van der Waals surface area contributed by atoms with Crippen molar-refractivity contribution in [2.75, 3.05) is 36.4 Å². The van der Waals surface area contributed by atoms with Crippen LogP contribution in [0.4, 0.5) is 20.6 Å². The summed E-state index contributed by atoms with van der Waals surface area (Å²) in [7, 11) is 0. The Balaban J connectivity index is 1.47. The molecule has 0 unspecified atom stereocenters. The van der Waals surface area contributed by atoms with E-state index >= 15 is 0 Å². The first-order chi connectivity index (χ1) is 13.0. The van der Waals surface area contributed by atoms with Crippen molar-refractivity contribution in [3.05, 3.63) is 60.4 Å². The first-order valence-corrected chi connectivity index (χ1v) is 8.95. The molecule has 7 heteroatoms. The van der Waals surface area contributed by atoms with Crippen LogP contribution in [0.1, 0.15) is 6.92 Å². The summed E-state index contributed by atoms with van der Waals surface area (Å²) in [6, 6.07) is 14.6. The lowest BCUT2D eigenvalue weighted by molar-refractivity contribution is -0.117. The van der Waals surface area contributed by atoms with Gasteiger partial charge >= 0.3 is 6.03 Å². The number of piperazine rings is 1. The number of urea groups is 1. The molecule has 1 heterocycles. The molecule has 1 fully saturated rings. The van der Waals surface area contributed by atoms with E-state index in [1.54, 1.807) is 11.8 Å². The van der Waals surface area contributed by atoms with Gasteiger partial charge in [-0.1, -0.05) is 18.2 Å². The maximum atomic E-state index is 12.9. The number of anilines is 2. The zero-order valence-electron chi connectivity index (χ0n) is 15.2. The normalized spacial score (nSPS) is 15.2. The Hall–Kier alpha value is -3.09. The van der Waals surface area contributed by atoms with E-state index in [1.165, 1.54) is 24.3 Å². The smallest absolute Gasteiger partial charge is 0.318 e. The zero-order valence-corrected chi connectivity index (χ0v) is 15.2. The Morgan fingerprint density at radius 2 is 1.59 bits per heavy atom. The fourth-order valence-corrected chi connectivity index (χ4v) is 2.93. The molecular formula is C20H23FN4O2. The van der Waals surface area contributed by atoms with Gasteiger partial charge in [0.1, 0.15) is 11.9 Å². The van der Waals surface area contributed by atoms with Crippen LogP contribution in [0.15, 0.2) is 54.6 Å². The third-order valence-corrected chi connectivity index (χ3v) is 4.53. The van der Waals surface area contributed by atoms with Crippen LogP contribution in [0.3, 0.4) is 0 Å². The highest BCUT2D eigenvalue weighted by Gasteiger charge is 2.24. The molecular weight excluding hydrogens is 347 g/mol. The van der Waals surface area contributed by atoms with Crippen LogP contribution in [0.25, 0.3) is 0 Å². The van der Waals surface area contributed by atoms with Crippen LogP contribution in [-0.2, 0) is 4.79 Å². The molecule has 3 amide bonds. The second-order valence-corrected chi connectivity index (χ2v) is 6.48. The zero-order chi connectivity index (χ0) is 19.2. The van der Waals surface area contributed by atoms with Crippen molar-refractivity contribution < 1.29 is 14.0 Å². The van der Waals surface area contributed by atoms with Crippen molar-refractivity contribution in [2.45, 2.75) is 13.0 Å². The molecule has 0 spiro atoms. The molecule has 0 aromatic heterocycles. The number of carbonyl (C=O) groups excluding carboxylic acids is 2.